The minimum atomic E-state index is -0.444. The smallest absolute Gasteiger partial charge is 0.258 e. The summed E-state index contributed by atoms with van der Waals surface area (Å²) in [5.74, 6) is -0.135. The minimum absolute atomic E-state index is 0.0213. The third kappa shape index (κ3) is 9.35. The van der Waals surface area contributed by atoms with Gasteiger partial charge in [0.25, 0.3) is 11.8 Å². The van der Waals surface area contributed by atoms with Gasteiger partial charge in [0.15, 0.2) is 0 Å². The van der Waals surface area contributed by atoms with Crippen molar-refractivity contribution in [3.05, 3.63) is 89.7 Å². The molecule has 44 heavy (non-hydrogen) atoms. The average molecular weight is 603 g/mol. The number of benzene rings is 2. The fourth-order valence-corrected chi connectivity index (χ4v) is 5.44. The van der Waals surface area contributed by atoms with Crippen LogP contribution in [0, 0.1) is 5.92 Å². The first-order valence-electron chi connectivity index (χ1n) is 15.5. The van der Waals surface area contributed by atoms with Crippen LogP contribution in [0.4, 0.5) is 5.69 Å². The van der Waals surface area contributed by atoms with Gasteiger partial charge in [0.05, 0.1) is 30.4 Å². The number of aliphatic hydroxyl groups excluding tert-OH is 1. The quantitative estimate of drug-likeness (QED) is 0.363. The van der Waals surface area contributed by atoms with Gasteiger partial charge in [-0.3, -0.25) is 19.5 Å². The van der Waals surface area contributed by atoms with Gasteiger partial charge in [-0.1, -0.05) is 37.3 Å². The maximum atomic E-state index is 14.3. The third-order valence-electron chi connectivity index (χ3n) is 8.04. The number of hydrogen-bond donors (Lipinski definition) is 2. The molecule has 4 atom stereocenters. The fraction of sp³-hybridized carbons (Fsp3) is 0.457. The molecule has 3 aromatic rings. The lowest BCUT2D eigenvalue weighted by atomic mass is 10.0. The van der Waals surface area contributed by atoms with Crippen molar-refractivity contribution in [1.82, 2.24) is 14.8 Å². The Kier molecular flexibility index (Phi) is 12.3. The van der Waals surface area contributed by atoms with Crippen molar-refractivity contribution in [2.24, 2.45) is 5.92 Å². The summed E-state index contributed by atoms with van der Waals surface area (Å²) in [7, 11) is 2.09. The van der Waals surface area contributed by atoms with E-state index in [0.717, 1.165) is 25.8 Å². The van der Waals surface area contributed by atoms with E-state index in [4.69, 9.17) is 9.47 Å². The Morgan fingerprint density at radius 1 is 1.11 bits per heavy atom. The van der Waals surface area contributed by atoms with Gasteiger partial charge in [-0.25, -0.2) is 0 Å². The molecule has 2 aromatic carbocycles. The molecule has 0 saturated heterocycles. The number of carbonyl (C=O) groups is 2. The van der Waals surface area contributed by atoms with Gasteiger partial charge in [0.1, 0.15) is 5.75 Å². The number of nitrogens with one attached hydrogen (secondary N) is 1. The minimum Gasteiger partial charge on any atom is -0.490 e. The van der Waals surface area contributed by atoms with E-state index in [1.807, 2.05) is 32.0 Å². The Hall–Kier alpha value is -3.79. The monoisotopic (exact) mass is 602 g/mol. The summed E-state index contributed by atoms with van der Waals surface area (Å²) >= 11 is 0. The Morgan fingerprint density at radius 3 is 2.59 bits per heavy atom. The van der Waals surface area contributed by atoms with E-state index in [1.165, 1.54) is 5.56 Å². The van der Waals surface area contributed by atoms with Crippen LogP contribution >= 0.6 is 0 Å². The van der Waals surface area contributed by atoms with Gasteiger partial charge in [-0.15, -0.1) is 0 Å². The van der Waals surface area contributed by atoms with Crippen LogP contribution in [0.1, 0.15) is 66.3 Å². The first kappa shape index (κ1) is 33.1. The molecule has 1 aliphatic rings. The van der Waals surface area contributed by atoms with Crippen LogP contribution in [0.25, 0.3) is 0 Å². The lowest BCUT2D eigenvalue weighted by Crippen LogP contribution is -2.47. The topological polar surface area (TPSA) is 104 Å². The molecule has 0 unspecified atom stereocenters. The zero-order chi connectivity index (χ0) is 31.5. The van der Waals surface area contributed by atoms with Crippen LogP contribution in [0.3, 0.4) is 0 Å². The SMILES string of the molecule is C[C@@H]1CCCCO[C@@H](CN(C)Cc2ccccc2)[C@H](C)CN([C@H](C)CO)C(=O)c2cc(NC(=O)c3ccncc3)ccc2O1. The highest BCUT2D eigenvalue weighted by Crippen LogP contribution is 2.29. The molecule has 9 heteroatoms. The van der Waals surface area contributed by atoms with E-state index in [2.05, 4.69) is 41.3 Å². The molecule has 1 aliphatic heterocycles. The summed E-state index contributed by atoms with van der Waals surface area (Å²) < 4.78 is 12.8. The standard InChI is InChI=1S/C35H46N4O5/c1-25-21-39(26(2)24-40)35(42)31-20-30(37-34(41)29-15-17-36-18-16-29)13-14-32(31)44-27(3)10-8-9-19-43-33(25)23-38(4)22-28-11-6-5-7-12-28/h5-7,11-18,20,25-27,33,40H,8-10,19,21-24H2,1-4H3,(H,37,41)/t25-,26-,27-,33+/m1/s1. The second-order valence-corrected chi connectivity index (χ2v) is 11.9. The van der Waals surface area contributed by atoms with Crippen molar-refractivity contribution in [3.8, 4) is 5.75 Å². The Bertz CT molecular complexity index is 1340. The van der Waals surface area contributed by atoms with Gasteiger partial charge in [-0.2, -0.15) is 0 Å². The van der Waals surface area contributed by atoms with E-state index in [0.29, 0.717) is 42.3 Å². The summed E-state index contributed by atoms with van der Waals surface area (Å²) in [5.41, 5.74) is 2.51. The number of aromatic nitrogens is 1. The van der Waals surface area contributed by atoms with Crippen molar-refractivity contribution >= 4 is 17.5 Å². The van der Waals surface area contributed by atoms with E-state index in [1.54, 1.807) is 47.6 Å². The molecule has 2 heterocycles. The van der Waals surface area contributed by atoms with Gasteiger partial charge in [-0.05, 0) is 76.1 Å². The average Bonchev–Trinajstić information content (AvgIpc) is 3.03. The molecule has 0 fully saturated rings. The zero-order valence-electron chi connectivity index (χ0n) is 26.3. The number of hydrogen-bond acceptors (Lipinski definition) is 7. The summed E-state index contributed by atoms with van der Waals surface area (Å²) in [5, 5.41) is 13.1. The van der Waals surface area contributed by atoms with Crippen LogP contribution in [0.5, 0.6) is 5.75 Å². The number of ether oxygens (including phenoxy) is 2. The first-order chi connectivity index (χ1) is 21.2. The van der Waals surface area contributed by atoms with Crippen molar-refractivity contribution in [2.75, 3.05) is 38.7 Å². The molecule has 1 aromatic heterocycles. The van der Waals surface area contributed by atoms with Crippen LogP contribution in [0.2, 0.25) is 0 Å². The fourth-order valence-electron chi connectivity index (χ4n) is 5.44. The zero-order valence-corrected chi connectivity index (χ0v) is 26.3. The highest BCUT2D eigenvalue weighted by molar-refractivity contribution is 6.05. The molecule has 2 N–H and O–H groups in total. The van der Waals surface area contributed by atoms with Crippen LogP contribution in [-0.4, -0.2) is 83.3 Å². The molecule has 0 bridgehead atoms. The number of fused-ring (bicyclic) bond motifs is 1. The molecule has 0 spiro atoms. The molecule has 9 nitrogen and oxygen atoms in total. The summed E-state index contributed by atoms with van der Waals surface area (Å²) in [6.07, 6.45) is 5.51. The second-order valence-electron chi connectivity index (χ2n) is 11.9. The normalized spacial score (nSPS) is 20.7. The lowest BCUT2D eigenvalue weighted by Gasteiger charge is -2.36. The van der Waals surface area contributed by atoms with E-state index in [-0.39, 0.29) is 36.5 Å². The predicted octanol–water partition coefficient (Wildman–Crippen LogP) is 5.26. The molecule has 0 saturated carbocycles. The van der Waals surface area contributed by atoms with E-state index < -0.39 is 6.04 Å². The highest BCUT2D eigenvalue weighted by Gasteiger charge is 2.30. The summed E-state index contributed by atoms with van der Waals surface area (Å²) in [6.45, 7) is 8.24. The van der Waals surface area contributed by atoms with Gasteiger partial charge >= 0.3 is 0 Å². The van der Waals surface area contributed by atoms with Gasteiger partial charge in [0.2, 0.25) is 0 Å². The number of aliphatic hydroxyl groups is 1. The molecule has 2 amide bonds. The molecule has 0 radical (unpaired) electrons. The van der Waals surface area contributed by atoms with Gasteiger partial charge < -0.3 is 24.8 Å². The number of likely N-dealkylation sites (N-methyl/N-ethyl adjacent to an activating group) is 1. The lowest BCUT2D eigenvalue weighted by molar-refractivity contribution is -0.0177. The van der Waals surface area contributed by atoms with Crippen molar-refractivity contribution in [3.63, 3.8) is 0 Å². The van der Waals surface area contributed by atoms with Gasteiger partial charge in [0, 0.05) is 55.8 Å². The molecule has 4 rings (SSSR count). The maximum absolute atomic E-state index is 14.3. The number of amides is 2. The predicted molar refractivity (Wildman–Crippen MR) is 172 cm³/mol. The number of pyridine rings is 1. The highest BCUT2D eigenvalue weighted by atomic mass is 16.5. The van der Waals surface area contributed by atoms with Crippen molar-refractivity contribution < 1.29 is 24.2 Å². The molecule has 0 aliphatic carbocycles. The molecular formula is C35H46N4O5. The van der Waals surface area contributed by atoms with E-state index in [9.17, 15) is 14.7 Å². The first-order valence-corrected chi connectivity index (χ1v) is 15.5. The van der Waals surface area contributed by atoms with Crippen LogP contribution in [0.15, 0.2) is 73.1 Å². The second kappa shape index (κ2) is 16.3. The number of nitrogens with zero attached hydrogens (tertiary/aromatic N) is 3. The Morgan fingerprint density at radius 2 is 1.86 bits per heavy atom. The summed E-state index contributed by atoms with van der Waals surface area (Å²) in [6, 6.07) is 18.3. The maximum Gasteiger partial charge on any atom is 0.258 e. The number of anilines is 1. The Labute approximate surface area is 261 Å². The Balaban J connectivity index is 1.61. The number of rotatable bonds is 8. The summed E-state index contributed by atoms with van der Waals surface area (Å²) in [4.78, 5) is 35.1. The van der Waals surface area contributed by atoms with Crippen LogP contribution in [-0.2, 0) is 11.3 Å². The van der Waals surface area contributed by atoms with Crippen LogP contribution < -0.4 is 10.1 Å². The van der Waals surface area contributed by atoms with Crippen molar-refractivity contribution in [1.29, 1.82) is 0 Å². The number of carbonyl (C=O) groups excluding carboxylic acids is 2. The molecule has 236 valence electrons. The largest absolute Gasteiger partial charge is 0.490 e. The van der Waals surface area contributed by atoms with Crippen molar-refractivity contribution in [2.45, 2.75) is 64.8 Å². The molecular weight excluding hydrogens is 556 g/mol. The third-order valence-corrected chi connectivity index (χ3v) is 8.04. The van der Waals surface area contributed by atoms with E-state index >= 15 is 0 Å².